The third-order valence-corrected chi connectivity index (χ3v) is 4.41. The summed E-state index contributed by atoms with van der Waals surface area (Å²) in [5.41, 5.74) is 0. The van der Waals surface area contributed by atoms with Gasteiger partial charge in [-0.15, -0.1) is 0 Å². The van der Waals surface area contributed by atoms with E-state index in [1.165, 1.54) is 51.8 Å². The van der Waals surface area contributed by atoms with Crippen LogP contribution in [-0.4, -0.2) is 107 Å². The molecule has 10 heteroatoms. The Balaban J connectivity index is -0.000000141. The number of rotatable bonds is 15. The molecule has 0 aliphatic carbocycles. The van der Waals surface area contributed by atoms with Crippen molar-refractivity contribution in [2.45, 2.75) is 72.6 Å². The van der Waals surface area contributed by atoms with Crippen molar-refractivity contribution in [1.82, 2.24) is 0 Å². The SMILES string of the molecule is CCCCOC[CH2][Sn+].CCCCOC[CH2][Sn+].CCCCOC[CH2][Sn+].[O-]P([O-])[O-]. The van der Waals surface area contributed by atoms with Gasteiger partial charge in [0.25, 0.3) is 0 Å². The molecule has 0 rings (SSSR count). The molecule has 0 bridgehead atoms. The summed E-state index contributed by atoms with van der Waals surface area (Å²) in [5.74, 6) is 0. The summed E-state index contributed by atoms with van der Waals surface area (Å²) in [7, 11) is -3.37. The van der Waals surface area contributed by atoms with E-state index in [1.807, 2.05) is 0 Å². The molecule has 0 aromatic carbocycles. The van der Waals surface area contributed by atoms with Gasteiger partial charge in [-0.1, -0.05) is 0 Å². The quantitative estimate of drug-likeness (QED) is 0.144. The molecule has 0 saturated carbocycles. The molecule has 0 unspecified atom stereocenters. The molecule has 0 fully saturated rings. The van der Waals surface area contributed by atoms with E-state index in [0.29, 0.717) is 0 Å². The van der Waals surface area contributed by atoms with Crippen LogP contribution in [-0.2, 0) is 14.2 Å². The predicted octanol–water partition coefficient (Wildman–Crippen LogP) is 1.46. The van der Waals surface area contributed by atoms with Crippen LogP contribution in [0.1, 0.15) is 59.3 Å². The first kappa shape index (κ1) is 37.9. The Bertz CT molecular complexity index is 172. The molecule has 6 nitrogen and oxygen atoms in total. The third-order valence-electron chi connectivity index (χ3n) is 2.67. The Labute approximate surface area is 215 Å². The topological polar surface area (TPSA) is 96.9 Å². The molecule has 28 heavy (non-hydrogen) atoms. The van der Waals surface area contributed by atoms with Crippen molar-refractivity contribution in [1.29, 1.82) is 0 Å². The van der Waals surface area contributed by atoms with Crippen LogP contribution in [0.15, 0.2) is 0 Å². The third kappa shape index (κ3) is 70.3. The van der Waals surface area contributed by atoms with Gasteiger partial charge in [-0.05, 0) is 0 Å². The zero-order valence-electron chi connectivity index (χ0n) is 18.0. The zero-order chi connectivity index (χ0) is 22.3. The van der Waals surface area contributed by atoms with Gasteiger partial charge in [0, 0.05) is 0 Å². The molecule has 0 aliphatic rings. The maximum Gasteiger partial charge on any atom is -0.438 e. The molecular formula is C18H39O6PSn3. The number of hydrogen-bond acceptors (Lipinski definition) is 6. The molecule has 0 amide bonds. The first-order chi connectivity index (χ1) is 13.5. The summed E-state index contributed by atoms with van der Waals surface area (Å²) in [6, 6.07) is 0. The minimum atomic E-state index is -3.37. The van der Waals surface area contributed by atoms with Crippen LogP contribution >= 0.6 is 8.60 Å². The van der Waals surface area contributed by atoms with Crippen molar-refractivity contribution >= 4 is 76.2 Å². The summed E-state index contributed by atoms with van der Waals surface area (Å²) in [4.78, 5) is 25.4. The smallest absolute Gasteiger partial charge is 0.438 e. The van der Waals surface area contributed by atoms with Gasteiger partial charge in [-0.2, -0.15) is 0 Å². The first-order valence-electron chi connectivity index (χ1n) is 9.96. The van der Waals surface area contributed by atoms with Crippen LogP contribution in [0.3, 0.4) is 0 Å². The maximum atomic E-state index is 8.48. The van der Waals surface area contributed by atoms with Gasteiger partial charge in [0.2, 0.25) is 0 Å². The molecule has 164 valence electrons. The average Bonchev–Trinajstić information content (AvgIpc) is 2.67. The molecule has 0 saturated heterocycles. The van der Waals surface area contributed by atoms with Gasteiger partial charge in [-0.3, -0.25) is 0 Å². The Morgan fingerprint density at radius 2 is 0.750 bits per heavy atom. The van der Waals surface area contributed by atoms with Gasteiger partial charge in [0.15, 0.2) is 0 Å². The summed E-state index contributed by atoms with van der Waals surface area (Å²) in [6.07, 6.45) is 7.40. The fourth-order valence-corrected chi connectivity index (χ4v) is 2.50. The molecule has 0 atom stereocenters. The van der Waals surface area contributed by atoms with Crippen molar-refractivity contribution < 1.29 is 28.9 Å². The molecule has 0 aromatic heterocycles. The second-order valence-electron chi connectivity index (χ2n) is 5.37. The number of ether oxygens (including phenoxy) is 3. The summed E-state index contributed by atoms with van der Waals surface area (Å²) >= 11 is 4.74. The van der Waals surface area contributed by atoms with Crippen molar-refractivity contribution in [2.75, 3.05) is 39.6 Å². The fourth-order valence-electron chi connectivity index (χ4n) is 1.26. The van der Waals surface area contributed by atoms with Crippen LogP contribution < -0.4 is 14.7 Å². The number of unbranched alkanes of at least 4 members (excludes halogenated alkanes) is 3. The van der Waals surface area contributed by atoms with Crippen LogP contribution in [0.2, 0.25) is 13.3 Å². The summed E-state index contributed by atoms with van der Waals surface area (Å²) in [5, 5.41) is 0. The van der Waals surface area contributed by atoms with E-state index in [9.17, 15) is 0 Å². The van der Waals surface area contributed by atoms with E-state index in [1.54, 1.807) is 67.6 Å². The van der Waals surface area contributed by atoms with Gasteiger partial charge >= 0.3 is 194 Å². The van der Waals surface area contributed by atoms with E-state index in [-0.39, 0.29) is 0 Å². The minimum Gasteiger partial charge on any atom is -0.854 e. The number of hydrogen-bond donors (Lipinski definition) is 0. The van der Waals surface area contributed by atoms with E-state index < -0.39 is 8.60 Å². The average molecular weight is 739 g/mol. The summed E-state index contributed by atoms with van der Waals surface area (Å²) in [6.45, 7) is 12.3. The first-order valence-corrected chi connectivity index (χ1v) is 17.1. The normalized spacial score (nSPS) is 9.54. The molecule has 0 N–H and O–H groups in total. The molecule has 0 aromatic rings. The second-order valence-corrected chi connectivity index (χ2v) is 10.1. The van der Waals surface area contributed by atoms with Crippen LogP contribution in [0, 0.1) is 0 Å². The predicted molar refractivity (Wildman–Crippen MR) is 116 cm³/mol. The molecule has 6 radical (unpaired) electrons. The monoisotopic (exact) mass is 742 g/mol. The second kappa shape index (κ2) is 43.5. The van der Waals surface area contributed by atoms with Gasteiger partial charge in [-0.25, -0.2) is 0 Å². The molecule has 0 spiro atoms. The Morgan fingerprint density at radius 3 is 0.893 bits per heavy atom. The van der Waals surface area contributed by atoms with E-state index in [4.69, 9.17) is 28.9 Å². The van der Waals surface area contributed by atoms with Crippen LogP contribution in [0.4, 0.5) is 0 Å². The Hall–Kier alpha value is 2.59. The van der Waals surface area contributed by atoms with E-state index >= 15 is 0 Å². The van der Waals surface area contributed by atoms with Crippen molar-refractivity contribution in [3.63, 3.8) is 0 Å². The standard InChI is InChI=1S/3C6H13O.O3P.3Sn/c3*1-3-5-6-7-4-2;1-4(2)3;;;/h3*2-6H2,1H3;;;;/q;;;-3;3*+1. The zero-order valence-corrected chi connectivity index (χ0v) is 27.5. The van der Waals surface area contributed by atoms with E-state index in [0.717, 1.165) is 39.6 Å². The molecular weight excluding hydrogens is 699 g/mol. The van der Waals surface area contributed by atoms with Crippen molar-refractivity contribution in [2.24, 2.45) is 0 Å². The molecule has 0 heterocycles. The van der Waals surface area contributed by atoms with Crippen LogP contribution in [0.25, 0.3) is 0 Å². The van der Waals surface area contributed by atoms with Crippen molar-refractivity contribution in [3.8, 4) is 0 Å². The van der Waals surface area contributed by atoms with E-state index in [2.05, 4.69) is 20.8 Å². The minimum absolute atomic E-state index is 0.963. The van der Waals surface area contributed by atoms with Crippen LogP contribution in [0.5, 0.6) is 0 Å². The van der Waals surface area contributed by atoms with Crippen molar-refractivity contribution in [3.05, 3.63) is 0 Å². The Kier molecular flexibility index (Phi) is 58.8. The van der Waals surface area contributed by atoms with Gasteiger partial charge in [0.05, 0.1) is 0 Å². The largest absolute Gasteiger partial charge is 0.854 e. The van der Waals surface area contributed by atoms with Gasteiger partial charge < -0.3 is 23.3 Å². The molecule has 0 aliphatic heterocycles. The maximum absolute atomic E-state index is 8.48. The van der Waals surface area contributed by atoms with Gasteiger partial charge in [0.1, 0.15) is 0 Å². The Morgan fingerprint density at radius 1 is 0.536 bits per heavy atom. The summed E-state index contributed by atoms with van der Waals surface area (Å²) < 4.78 is 19.4. The fraction of sp³-hybridized carbons (Fsp3) is 1.00.